The van der Waals surface area contributed by atoms with E-state index in [1.807, 2.05) is 14.1 Å². The predicted octanol–water partition coefficient (Wildman–Crippen LogP) is 3.84. The van der Waals surface area contributed by atoms with Crippen molar-refractivity contribution in [2.45, 2.75) is 58.8 Å². The van der Waals surface area contributed by atoms with Crippen molar-refractivity contribution >= 4 is 0 Å². The van der Waals surface area contributed by atoms with Gasteiger partial charge < -0.3 is 0 Å². The molecule has 0 amide bonds. The lowest BCUT2D eigenvalue weighted by Crippen LogP contribution is -2.40. The molecule has 15 heavy (non-hydrogen) atoms. The lowest BCUT2D eigenvalue weighted by Gasteiger charge is -2.25. The first-order chi connectivity index (χ1) is 6.99. The van der Waals surface area contributed by atoms with Crippen LogP contribution in [-0.2, 0) is 0 Å². The van der Waals surface area contributed by atoms with Crippen LogP contribution in [0.15, 0.2) is 0 Å². The molecular weight excluding hydrogens is 186 g/mol. The molecule has 2 nitrogen and oxygen atoms in total. The molecule has 0 aliphatic rings. The fraction of sp³-hybridized carbons (Fsp3) is 1.00. The molecule has 0 saturated carbocycles. The molecule has 1 N–H and O–H groups in total. The van der Waals surface area contributed by atoms with E-state index in [4.69, 9.17) is 0 Å². The monoisotopic (exact) mass is 216 g/mol. The normalized spacial score (nSPS) is 14.2. The maximum absolute atomic E-state index is 9.78. The first-order valence-electron chi connectivity index (χ1n) is 6.55. The lowest BCUT2D eigenvalue weighted by molar-refractivity contribution is -1.07. The molecule has 0 saturated heterocycles. The van der Waals surface area contributed by atoms with Gasteiger partial charge >= 0.3 is 0 Å². The van der Waals surface area contributed by atoms with Gasteiger partial charge in [0.15, 0.2) is 0 Å². The van der Waals surface area contributed by atoms with Crippen LogP contribution in [0.25, 0.3) is 0 Å². The summed E-state index contributed by atoms with van der Waals surface area (Å²) >= 11 is 0. The van der Waals surface area contributed by atoms with Gasteiger partial charge in [-0.1, -0.05) is 46.0 Å². The number of hydrogen-bond acceptors (Lipinski definition) is 1. The molecule has 0 bridgehead atoms. The highest BCUT2D eigenvalue weighted by molar-refractivity contribution is 4.58. The van der Waals surface area contributed by atoms with E-state index in [0.717, 1.165) is 6.54 Å². The van der Waals surface area contributed by atoms with E-state index < -0.39 is 0 Å². The van der Waals surface area contributed by atoms with Crippen LogP contribution in [0.1, 0.15) is 58.8 Å². The molecule has 0 aliphatic carbocycles. The van der Waals surface area contributed by atoms with Crippen molar-refractivity contribution < 1.29 is 9.85 Å². The second-order valence-corrected chi connectivity index (χ2v) is 5.31. The summed E-state index contributed by atoms with van der Waals surface area (Å²) in [6.45, 7) is 5.39. The zero-order valence-electron chi connectivity index (χ0n) is 11.1. The van der Waals surface area contributed by atoms with Crippen LogP contribution in [0.2, 0.25) is 0 Å². The summed E-state index contributed by atoms with van der Waals surface area (Å²) in [4.78, 5) is 0. The standard InChI is InChI=1S/C13H30NO/c1-5-7-9-11-13(10-8-6-2)12-14(3,4)15/h13,15H,5-12H2,1-4H3/q+1. The van der Waals surface area contributed by atoms with Gasteiger partial charge in [0.05, 0.1) is 14.1 Å². The largest absolute Gasteiger partial charge is 0.217 e. The van der Waals surface area contributed by atoms with Gasteiger partial charge in [-0.2, -0.15) is 4.65 Å². The summed E-state index contributed by atoms with van der Waals surface area (Å²) in [5.74, 6) is 0.705. The highest BCUT2D eigenvalue weighted by Gasteiger charge is 2.19. The Morgan fingerprint density at radius 1 is 0.933 bits per heavy atom. The highest BCUT2D eigenvalue weighted by atomic mass is 16.5. The average molecular weight is 216 g/mol. The van der Waals surface area contributed by atoms with E-state index in [1.165, 1.54) is 44.9 Å². The molecule has 0 rings (SSSR count). The van der Waals surface area contributed by atoms with Crippen molar-refractivity contribution in [1.29, 1.82) is 0 Å². The van der Waals surface area contributed by atoms with Crippen molar-refractivity contribution in [3.05, 3.63) is 0 Å². The summed E-state index contributed by atoms with van der Waals surface area (Å²) in [7, 11) is 3.75. The molecule has 92 valence electrons. The van der Waals surface area contributed by atoms with Crippen LogP contribution in [-0.4, -0.2) is 30.5 Å². The van der Waals surface area contributed by atoms with Crippen molar-refractivity contribution in [1.82, 2.24) is 0 Å². The molecule has 0 spiro atoms. The van der Waals surface area contributed by atoms with Crippen LogP contribution < -0.4 is 0 Å². The molecule has 1 atom stereocenters. The summed E-state index contributed by atoms with van der Waals surface area (Å²) in [5, 5.41) is 9.78. The van der Waals surface area contributed by atoms with Gasteiger partial charge in [0.25, 0.3) is 0 Å². The molecule has 0 aromatic heterocycles. The summed E-state index contributed by atoms with van der Waals surface area (Å²) in [6, 6.07) is 0. The third-order valence-corrected chi connectivity index (χ3v) is 2.89. The minimum absolute atomic E-state index is 0.126. The van der Waals surface area contributed by atoms with Gasteiger partial charge in [-0.05, 0) is 12.8 Å². The van der Waals surface area contributed by atoms with Crippen LogP contribution in [0.3, 0.4) is 0 Å². The van der Waals surface area contributed by atoms with Crippen molar-refractivity contribution in [3.8, 4) is 0 Å². The number of rotatable bonds is 9. The van der Waals surface area contributed by atoms with E-state index in [0.29, 0.717) is 5.92 Å². The van der Waals surface area contributed by atoms with E-state index in [2.05, 4.69) is 13.8 Å². The summed E-state index contributed by atoms with van der Waals surface area (Å²) < 4.78 is 0.126. The molecule has 1 unspecified atom stereocenters. The van der Waals surface area contributed by atoms with E-state index >= 15 is 0 Å². The first kappa shape index (κ1) is 14.9. The molecular formula is C13H30NO+. The Balaban J connectivity index is 3.84. The van der Waals surface area contributed by atoms with E-state index in [1.54, 1.807) is 0 Å². The third-order valence-electron chi connectivity index (χ3n) is 2.89. The maximum atomic E-state index is 9.78. The minimum Gasteiger partial charge on any atom is -0.217 e. The number of quaternary nitrogens is 1. The van der Waals surface area contributed by atoms with Crippen LogP contribution in [0.5, 0.6) is 0 Å². The lowest BCUT2D eigenvalue weighted by atomic mass is 9.95. The smallest absolute Gasteiger partial charge is 0.111 e. The highest BCUT2D eigenvalue weighted by Crippen LogP contribution is 2.19. The van der Waals surface area contributed by atoms with Crippen molar-refractivity contribution in [2.75, 3.05) is 20.6 Å². The Labute approximate surface area is 95.8 Å². The fourth-order valence-electron chi connectivity index (χ4n) is 2.13. The van der Waals surface area contributed by atoms with E-state index in [9.17, 15) is 5.21 Å². The molecule has 0 fully saturated rings. The van der Waals surface area contributed by atoms with Crippen molar-refractivity contribution in [2.24, 2.45) is 5.92 Å². The number of nitrogens with zero attached hydrogens (tertiary/aromatic N) is 1. The van der Waals surface area contributed by atoms with Gasteiger partial charge in [0, 0.05) is 5.92 Å². The Bertz CT molecular complexity index is 140. The molecule has 0 aliphatic heterocycles. The summed E-state index contributed by atoms with van der Waals surface area (Å²) in [6.07, 6.45) is 9.09. The van der Waals surface area contributed by atoms with Crippen molar-refractivity contribution in [3.63, 3.8) is 0 Å². The number of hydrogen-bond donors (Lipinski definition) is 1. The van der Waals surface area contributed by atoms with Gasteiger partial charge in [0.1, 0.15) is 6.54 Å². The topological polar surface area (TPSA) is 20.2 Å². The Morgan fingerprint density at radius 2 is 1.47 bits per heavy atom. The number of unbranched alkanes of at least 4 members (excludes halogenated alkanes) is 3. The zero-order chi connectivity index (χ0) is 11.7. The molecule has 0 radical (unpaired) electrons. The quantitative estimate of drug-likeness (QED) is 0.353. The second kappa shape index (κ2) is 8.12. The molecule has 2 heteroatoms. The van der Waals surface area contributed by atoms with Crippen LogP contribution >= 0.6 is 0 Å². The Morgan fingerprint density at radius 3 is 1.93 bits per heavy atom. The second-order valence-electron chi connectivity index (χ2n) is 5.31. The fourth-order valence-corrected chi connectivity index (χ4v) is 2.13. The summed E-state index contributed by atoms with van der Waals surface area (Å²) in [5.41, 5.74) is 0. The first-order valence-corrected chi connectivity index (χ1v) is 6.55. The van der Waals surface area contributed by atoms with Gasteiger partial charge in [-0.25, -0.2) is 5.21 Å². The average Bonchev–Trinajstić information content (AvgIpc) is 2.12. The maximum Gasteiger partial charge on any atom is 0.111 e. The minimum atomic E-state index is 0.126. The van der Waals surface area contributed by atoms with E-state index in [-0.39, 0.29) is 4.65 Å². The Hall–Kier alpha value is -0.0800. The van der Waals surface area contributed by atoms with Crippen LogP contribution in [0, 0.1) is 5.92 Å². The van der Waals surface area contributed by atoms with Gasteiger partial charge in [-0.3, -0.25) is 0 Å². The van der Waals surface area contributed by atoms with Gasteiger partial charge in [-0.15, -0.1) is 0 Å². The van der Waals surface area contributed by atoms with Crippen LogP contribution in [0.4, 0.5) is 0 Å². The Kier molecular flexibility index (Phi) is 8.07. The number of hydroxylamine groups is 3. The third kappa shape index (κ3) is 10.2. The molecule has 0 heterocycles. The SMILES string of the molecule is CCCCCC(CCCC)C[N+](C)(C)O. The molecule has 0 aromatic rings. The van der Waals surface area contributed by atoms with Gasteiger partial charge in [0.2, 0.25) is 0 Å². The predicted molar refractivity (Wildman–Crippen MR) is 65.9 cm³/mol. The zero-order valence-corrected chi connectivity index (χ0v) is 11.1. The molecule has 0 aromatic carbocycles.